The second-order valence-corrected chi connectivity index (χ2v) is 12.9. The number of amides is 2. The summed E-state index contributed by atoms with van der Waals surface area (Å²) in [5, 5.41) is 7.53. The van der Waals surface area contributed by atoms with Crippen LogP contribution in [-0.2, 0) is 10.0 Å². The highest BCUT2D eigenvalue weighted by Crippen LogP contribution is 2.20. The third-order valence-electron chi connectivity index (χ3n) is 7.19. The van der Waals surface area contributed by atoms with E-state index in [1.165, 1.54) is 83.1 Å². The summed E-state index contributed by atoms with van der Waals surface area (Å²) >= 11 is 5.50. The van der Waals surface area contributed by atoms with E-state index in [0.717, 1.165) is 34.3 Å². The zero-order chi connectivity index (χ0) is 29.3. The van der Waals surface area contributed by atoms with Gasteiger partial charge in [0.25, 0.3) is 10.0 Å². The Morgan fingerprint density at radius 2 is 1.17 bits per heavy atom. The van der Waals surface area contributed by atoms with Crippen LogP contribution in [0.3, 0.4) is 0 Å². The van der Waals surface area contributed by atoms with Gasteiger partial charge in [0.15, 0.2) is 0 Å². The van der Waals surface area contributed by atoms with E-state index in [0.29, 0.717) is 5.69 Å². The van der Waals surface area contributed by atoms with Gasteiger partial charge in [0.1, 0.15) is 0 Å². The van der Waals surface area contributed by atoms with Gasteiger partial charge in [-0.25, -0.2) is 17.9 Å². The lowest BCUT2D eigenvalue weighted by molar-refractivity contribution is 0.256. The smallest absolute Gasteiger partial charge is 0.333 e. The minimum absolute atomic E-state index is 0.0305. The molecule has 0 aromatic heterocycles. The van der Waals surface area contributed by atoms with Crippen LogP contribution in [-0.4, -0.2) is 19.4 Å². The minimum Gasteiger partial charge on any atom is -0.350 e. The molecule has 0 fully saturated rings. The van der Waals surface area contributed by atoms with Crippen molar-refractivity contribution in [3.05, 3.63) is 66.7 Å². The number of rotatable bonds is 18. The normalized spacial score (nSPS) is 11.3. The van der Waals surface area contributed by atoms with Gasteiger partial charge < -0.3 is 10.6 Å². The van der Waals surface area contributed by atoms with Gasteiger partial charge in [-0.3, -0.25) is 0 Å². The predicted molar refractivity (Wildman–Crippen MR) is 176 cm³/mol. The largest absolute Gasteiger partial charge is 0.350 e. The number of hydrogen-bond acceptors (Lipinski definition) is 4. The molecule has 0 unspecified atom stereocenters. The number of benzene rings is 3. The average molecular weight is 596 g/mol. The zero-order valence-electron chi connectivity index (χ0n) is 24.3. The van der Waals surface area contributed by atoms with Crippen LogP contribution in [0.25, 0.3) is 10.8 Å². The maximum Gasteiger partial charge on any atom is 0.333 e. The van der Waals surface area contributed by atoms with Crippen molar-refractivity contribution in [3.8, 4) is 0 Å². The summed E-state index contributed by atoms with van der Waals surface area (Å²) in [4.78, 5) is 13.2. The summed E-state index contributed by atoms with van der Waals surface area (Å²) in [5.74, 6) is 0. The van der Waals surface area contributed by atoms with Gasteiger partial charge in [-0.15, -0.1) is 0 Å². The Morgan fingerprint density at radius 3 is 1.76 bits per heavy atom. The Kier molecular flexibility index (Phi) is 14.1. The molecular formula is C33H45N3O3S2. The van der Waals surface area contributed by atoms with Crippen molar-refractivity contribution in [2.45, 2.75) is 102 Å². The van der Waals surface area contributed by atoms with Crippen LogP contribution in [0.1, 0.15) is 96.8 Å². The van der Waals surface area contributed by atoms with Gasteiger partial charge in [0, 0.05) is 11.4 Å². The zero-order valence-corrected chi connectivity index (χ0v) is 25.9. The van der Waals surface area contributed by atoms with Crippen LogP contribution in [0.15, 0.2) is 71.6 Å². The molecule has 0 bridgehead atoms. The highest BCUT2D eigenvalue weighted by Gasteiger charge is 2.18. The quantitative estimate of drug-likeness (QED) is 0.101. The monoisotopic (exact) mass is 595 g/mol. The first-order valence-corrected chi connectivity index (χ1v) is 17.0. The van der Waals surface area contributed by atoms with Gasteiger partial charge in [-0.05, 0) is 60.0 Å². The lowest BCUT2D eigenvalue weighted by Gasteiger charge is -2.11. The fourth-order valence-electron chi connectivity index (χ4n) is 4.84. The summed E-state index contributed by atoms with van der Waals surface area (Å²) in [6.45, 7) is 2.26. The SMILES string of the molecule is CCCCCCCCCCCCCCCC(=S)Nc1ccc(NC(=O)NS(=O)(=O)c2ccc3ccccc3c2)cc1. The molecule has 3 aromatic rings. The summed E-state index contributed by atoms with van der Waals surface area (Å²) < 4.78 is 27.5. The maximum absolute atomic E-state index is 12.7. The number of carbonyl (C=O) groups excluding carboxylic acids is 1. The van der Waals surface area contributed by atoms with Crippen LogP contribution in [0, 0.1) is 0 Å². The van der Waals surface area contributed by atoms with Crippen molar-refractivity contribution in [2.75, 3.05) is 10.6 Å². The molecule has 0 saturated carbocycles. The van der Waals surface area contributed by atoms with Gasteiger partial charge in [-0.2, -0.15) is 0 Å². The highest BCUT2D eigenvalue weighted by molar-refractivity contribution is 7.90. The molecule has 0 radical (unpaired) electrons. The molecule has 0 aliphatic heterocycles. The molecule has 0 aliphatic rings. The molecule has 3 aromatic carbocycles. The van der Waals surface area contributed by atoms with Crippen LogP contribution in [0.4, 0.5) is 16.2 Å². The number of carbonyl (C=O) groups is 1. The lowest BCUT2D eigenvalue weighted by atomic mass is 10.0. The van der Waals surface area contributed by atoms with E-state index in [2.05, 4.69) is 22.3 Å². The van der Waals surface area contributed by atoms with E-state index in [1.807, 2.05) is 36.4 Å². The molecule has 6 nitrogen and oxygen atoms in total. The summed E-state index contributed by atoms with van der Waals surface area (Å²) in [7, 11) is -4.01. The molecule has 2 amide bonds. The molecule has 0 aliphatic carbocycles. The molecule has 0 atom stereocenters. The molecule has 3 N–H and O–H groups in total. The Labute approximate surface area is 251 Å². The van der Waals surface area contributed by atoms with Gasteiger partial charge in [0.2, 0.25) is 0 Å². The number of nitrogens with one attached hydrogen (secondary N) is 3. The molecule has 8 heteroatoms. The predicted octanol–water partition coefficient (Wildman–Crippen LogP) is 9.57. The molecular weight excluding hydrogens is 551 g/mol. The summed E-state index contributed by atoms with van der Waals surface area (Å²) in [6, 6.07) is 18.4. The molecule has 0 spiro atoms. The molecule has 3 rings (SSSR count). The van der Waals surface area contributed by atoms with E-state index in [9.17, 15) is 13.2 Å². The van der Waals surface area contributed by atoms with Crippen molar-refractivity contribution >= 4 is 55.4 Å². The minimum atomic E-state index is -4.01. The highest BCUT2D eigenvalue weighted by atomic mass is 32.2. The number of urea groups is 1. The van der Waals surface area contributed by atoms with Crippen molar-refractivity contribution in [3.63, 3.8) is 0 Å². The average Bonchev–Trinajstić information content (AvgIpc) is 2.96. The number of sulfonamides is 1. The standard InChI is InChI=1S/C33H45N3O3S2/c1-2-3-4-5-6-7-8-9-10-11-12-13-14-19-32(40)34-29-21-23-30(24-22-29)35-33(37)36-41(38,39)31-25-20-27-17-15-16-18-28(27)26-31/h15-18,20-26H,2-14,19H2,1H3,(H,34,40)(H2,35,36,37). The summed E-state index contributed by atoms with van der Waals surface area (Å²) in [6.07, 6.45) is 18.1. The Bertz CT molecular complexity index is 1340. The van der Waals surface area contributed by atoms with Crippen molar-refractivity contribution in [2.24, 2.45) is 0 Å². The molecule has 0 heterocycles. The van der Waals surface area contributed by atoms with Gasteiger partial charge in [-0.1, -0.05) is 127 Å². The third kappa shape index (κ3) is 12.2. The van der Waals surface area contributed by atoms with E-state index in [4.69, 9.17) is 12.2 Å². The molecule has 41 heavy (non-hydrogen) atoms. The topological polar surface area (TPSA) is 87.3 Å². The van der Waals surface area contributed by atoms with Crippen molar-refractivity contribution < 1.29 is 13.2 Å². The Hall–Kier alpha value is -2.97. The first-order valence-electron chi connectivity index (χ1n) is 15.1. The number of anilines is 2. The first kappa shape index (κ1) is 32.5. The van der Waals surface area contributed by atoms with E-state index in [-0.39, 0.29) is 4.90 Å². The van der Waals surface area contributed by atoms with E-state index >= 15 is 0 Å². The number of hydrogen-bond donors (Lipinski definition) is 3. The van der Waals surface area contributed by atoms with Crippen molar-refractivity contribution in [1.82, 2.24) is 4.72 Å². The number of fused-ring (bicyclic) bond motifs is 1. The third-order valence-corrected chi connectivity index (χ3v) is 8.83. The Morgan fingerprint density at radius 1 is 0.659 bits per heavy atom. The van der Waals surface area contributed by atoms with Crippen molar-refractivity contribution in [1.29, 1.82) is 0 Å². The van der Waals surface area contributed by atoms with Gasteiger partial charge in [0.05, 0.1) is 9.88 Å². The fourth-order valence-corrected chi connectivity index (χ4v) is 6.04. The molecule has 0 saturated heterocycles. The second-order valence-electron chi connectivity index (χ2n) is 10.7. The number of thiocarbonyl (C=S) groups is 1. The van der Waals surface area contributed by atoms with Crippen LogP contribution in [0.5, 0.6) is 0 Å². The fraction of sp³-hybridized carbons (Fsp3) is 0.455. The Balaban J connectivity index is 1.29. The van der Waals surface area contributed by atoms with E-state index < -0.39 is 16.1 Å². The van der Waals surface area contributed by atoms with Crippen LogP contribution in [0.2, 0.25) is 0 Å². The lowest BCUT2D eigenvalue weighted by Crippen LogP contribution is -2.34. The van der Waals surface area contributed by atoms with E-state index in [1.54, 1.807) is 24.3 Å². The molecule has 222 valence electrons. The van der Waals surface area contributed by atoms with Crippen LogP contribution >= 0.6 is 12.2 Å². The van der Waals surface area contributed by atoms with Crippen LogP contribution < -0.4 is 15.4 Å². The summed E-state index contributed by atoms with van der Waals surface area (Å²) in [5.41, 5.74) is 1.31. The second kappa shape index (κ2) is 17.8. The maximum atomic E-state index is 12.7. The first-order chi connectivity index (χ1) is 19.9. The number of unbranched alkanes of at least 4 members (excludes halogenated alkanes) is 12. The van der Waals surface area contributed by atoms with Gasteiger partial charge >= 0.3 is 6.03 Å².